The van der Waals surface area contributed by atoms with Crippen LogP contribution in [0.15, 0.2) is 23.0 Å². The minimum atomic E-state index is -0.735. The van der Waals surface area contributed by atoms with Gasteiger partial charge in [-0.3, -0.25) is 14.4 Å². The number of nitrogens with one attached hydrogen (secondary N) is 3. The third-order valence-electron chi connectivity index (χ3n) is 8.19. The summed E-state index contributed by atoms with van der Waals surface area (Å²) >= 11 is 0. The molecule has 4 heterocycles. The van der Waals surface area contributed by atoms with Crippen LogP contribution in [0.3, 0.4) is 0 Å². The van der Waals surface area contributed by atoms with E-state index in [4.69, 9.17) is 9.26 Å². The highest BCUT2D eigenvalue weighted by Gasteiger charge is 2.48. The zero-order valence-electron chi connectivity index (χ0n) is 21.6. The Bertz CT molecular complexity index is 1180. The molecule has 1 saturated heterocycles. The van der Waals surface area contributed by atoms with E-state index in [0.29, 0.717) is 54.7 Å². The molecule has 2 fully saturated rings. The number of aromatic nitrogens is 2. The average Bonchev–Trinajstić information content (AvgIpc) is 3.47. The molecule has 10 heteroatoms. The first-order valence-electron chi connectivity index (χ1n) is 13.2. The fourth-order valence-corrected chi connectivity index (χ4v) is 5.86. The molecule has 3 N–H and O–H groups in total. The molecule has 2 aromatic rings. The van der Waals surface area contributed by atoms with Crippen molar-refractivity contribution < 1.29 is 23.6 Å². The lowest BCUT2D eigenvalue weighted by Gasteiger charge is -2.32. The van der Waals surface area contributed by atoms with Gasteiger partial charge >= 0.3 is 0 Å². The molecular formula is C27H35N5O5. The van der Waals surface area contributed by atoms with Gasteiger partial charge in [-0.05, 0) is 43.4 Å². The predicted molar refractivity (Wildman–Crippen MR) is 136 cm³/mol. The normalized spacial score (nSPS) is 23.4. The van der Waals surface area contributed by atoms with Gasteiger partial charge in [-0.25, -0.2) is 4.98 Å². The highest BCUT2D eigenvalue weighted by molar-refractivity contribution is 6.07. The Labute approximate surface area is 216 Å². The lowest BCUT2D eigenvalue weighted by molar-refractivity contribution is -0.124. The lowest BCUT2D eigenvalue weighted by Crippen LogP contribution is -2.49. The topological polar surface area (TPSA) is 135 Å². The van der Waals surface area contributed by atoms with Crippen molar-refractivity contribution in [1.82, 2.24) is 15.5 Å². The van der Waals surface area contributed by atoms with Gasteiger partial charge in [0, 0.05) is 31.0 Å². The van der Waals surface area contributed by atoms with Crippen LogP contribution in [0.4, 0.5) is 11.5 Å². The maximum absolute atomic E-state index is 13.6. The van der Waals surface area contributed by atoms with Crippen molar-refractivity contribution in [3.63, 3.8) is 0 Å². The molecule has 1 saturated carbocycles. The first kappa shape index (κ1) is 25.4. The maximum atomic E-state index is 13.6. The Morgan fingerprint density at radius 3 is 2.59 bits per heavy atom. The van der Waals surface area contributed by atoms with E-state index in [0.717, 1.165) is 31.2 Å². The van der Waals surface area contributed by atoms with Gasteiger partial charge in [0.05, 0.1) is 16.8 Å². The van der Waals surface area contributed by atoms with Gasteiger partial charge in [0.25, 0.3) is 5.91 Å². The van der Waals surface area contributed by atoms with E-state index in [1.165, 1.54) is 6.26 Å². The molecule has 0 radical (unpaired) electrons. The number of nitrogens with zero attached hydrogens (tertiary/aromatic N) is 2. The summed E-state index contributed by atoms with van der Waals surface area (Å²) in [5.41, 5.74) is 1.79. The van der Waals surface area contributed by atoms with Gasteiger partial charge in [-0.2, -0.15) is 0 Å². The molecule has 1 atom stereocenters. The van der Waals surface area contributed by atoms with Crippen LogP contribution in [-0.2, 0) is 19.7 Å². The summed E-state index contributed by atoms with van der Waals surface area (Å²) in [4.78, 5) is 44.1. The number of pyridine rings is 1. The Morgan fingerprint density at radius 1 is 1.16 bits per heavy atom. The molecule has 198 valence electrons. The van der Waals surface area contributed by atoms with Crippen molar-refractivity contribution in [3.05, 3.63) is 35.3 Å². The summed E-state index contributed by atoms with van der Waals surface area (Å²) in [6.07, 6.45) is 7.92. The third-order valence-corrected chi connectivity index (χ3v) is 8.19. The number of carbonyl (C=O) groups excluding carboxylic acids is 3. The van der Waals surface area contributed by atoms with Crippen LogP contribution in [0.1, 0.15) is 86.8 Å². The molecule has 1 aliphatic carbocycles. The summed E-state index contributed by atoms with van der Waals surface area (Å²) in [5.74, 6) is 0.194. The average molecular weight is 510 g/mol. The van der Waals surface area contributed by atoms with Gasteiger partial charge in [0.15, 0.2) is 0 Å². The van der Waals surface area contributed by atoms with Crippen molar-refractivity contribution in [2.45, 2.75) is 76.7 Å². The van der Waals surface area contributed by atoms with Gasteiger partial charge in [0.1, 0.15) is 23.7 Å². The first-order valence-corrected chi connectivity index (χ1v) is 13.2. The molecule has 0 aromatic carbocycles. The lowest BCUT2D eigenvalue weighted by atomic mass is 9.76. The van der Waals surface area contributed by atoms with E-state index in [1.54, 1.807) is 12.3 Å². The fourth-order valence-electron chi connectivity index (χ4n) is 5.86. The summed E-state index contributed by atoms with van der Waals surface area (Å²) in [7, 11) is 0. The van der Waals surface area contributed by atoms with Crippen LogP contribution in [0.2, 0.25) is 0 Å². The van der Waals surface area contributed by atoms with Crippen molar-refractivity contribution in [1.29, 1.82) is 0 Å². The van der Waals surface area contributed by atoms with E-state index in [-0.39, 0.29) is 29.6 Å². The Hall–Kier alpha value is -3.27. The Kier molecular flexibility index (Phi) is 7.02. The first-order chi connectivity index (χ1) is 17.8. The minimum absolute atomic E-state index is 0.00199. The molecule has 0 bridgehead atoms. The zero-order chi connectivity index (χ0) is 26.2. The van der Waals surface area contributed by atoms with Crippen LogP contribution in [0.5, 0.6) is 0 Å². The van der Waals surface area contributed by atoms with Crippen LogP contribution in [0, 0.1) is 11.8 Å². The van der Waals surface area contributed by atoms with E-state index in [9.17, 15) is 14.4 Å². The zero-order valence-corrected chi connectivity index (χ0v) is 21.6. The highest BCUT2D eigenvalue weighted by atomic mass is 16.5. The molecule has 5 rings (SSSR count). The van der Waals surface area contributed by atoms with Crippen LogP contribution in [0.25, 0.3) is 0 Å². The quantitative estimate of drug-likeness (QED) is 0.539. The van der Waals surface area contributed by atoms with E-state index in [2.05, 4.69) is 33.0 Å². The number of anilines is 2. The van der Waals surface area contributed by atoms with Crippen LogP contribution < -0.4 is 16.0 Å². The number of rotatable bonds is 6. The smallest absolute Gasteiger partial charge is 0.257 e. The number of fused-ring (bicyclic) bond motifs is 2. The molecule has 0 unspecified atom stereocenters. The molecule has 10 nitrogen and oxygen atoms in total. The van der Waals surface area contributed by atoms with Crippen molar-refractivity contribution in [2.24, 2.45) is 11.8 Å². The highest BCUT2D eigenvalue weighted by Crippen LogP contribution is 2.44. The summed E-state index contributed by atoms with van der Waals surface area (Å²) in [6.45, 7) is 7.13. The summed E-state index contributed by atoms with van der Waals surface area (Å²) in [5, 5.41) is 12.8. The standard InChI is InChI=1S/C27H35N5O5/c1-15(2)22-18(14-37-32-22)24(33)31-23(17-6-4-16(3)5-7-17)25(34)30-21-12-20-19(13-28-21)27(26(35)29-20)8-10-36-11-9-27/h12-17,23H,4-11H2,1-3H3,(H,29,35)(H,31,33)(H,28,30,34)/t16?,17?,23-/m0/s1. The molecular weight excluding hydrogens is 474 g/mol. The summed E-state index contributed by atoms with van der Waals surface area (Å²) in [6, 6.07) is 0.968. The summed E-state index contributed by atoms with van der Waals surface area (Å²) < 4.78 is 10.5. The predicted octanol–water partition coefficient (Wildman–Crippen LogP) is 3.76. The second kappa shape index (κ2) is 10.2. The fraction of sp³-hybridized carbons (Fsp3) is 0.593. The monoisotopic (exact) mass is 509 g/mol. The second-order valence-corrected chi connectivity index (χ2v) is 11.0. The van der Waals surface area contributed by atoms with Gasteiger partial charge in [0.2, 0.25) is 11.8 Å². The van der Waals surface area contributed by atoms with Crippen molar-refractivity contribution >= 4 is 29.2 Å². The molecule has 1 spiro atoms. The maximum Gasteiger partial charge on any atom is 0.257 e. The second-order valence-electron chi connectivity index (χ2n) is 11.0. The Morgan fingerprint density at radius 2 is 1.89 bits per heavy atom. The number of carbonyl (C=O) groups is 3. The largest absolute Gasteiger partial charge is 0.381 e. The van der Waals surface area contributed by atoms with Crippen molar-refractivity contribution in [3.8, 4) is 0 Å². The van der Waals surface area contributed by atoms with E-state index in [1.807, 2.05) is 13.8 Å². The number of amides is 3. The number of ether oxygens (including phenoxy) is 1. The molecule has 3 aliphatic rings. The third kappa shape index (κ3) is 4.86. The van der Waals surface area contributed by atoms with Crippen molar-refractivity contribution in [2.75, 3.05) is 23.8 Å². The molecule has 2 aromatic heterocycles. The molecule has 2 aliphatic heterocycles. The SMILES string of the molecule is CC1CCC([C@H](NC(=O)c2conc2C(C)C)C(=O)Nc2cc3c(cn2)C2(CCOCC2)C(=O)N3)CC1. The Balaban J connectivity index is 1.36. The van der Waals surface area contributed by atoms with Gasteiger partial charge in [-0.15, -0.1) is 0 Å². The number of hydrogen-bond acceptors (Lipinski definition) is 7. The molecule has 37 heavy (non-hydrogen) atoms. The van der Waals surface area contributed by atoms with E-state index < -0.39 is 11.5 Å². The van der Waals surface area contributed by atoms with Crippen LogP contribution in [-0.4, -0.2) is 47.1 Å². The van der Waals surface area contributed by atoms with E-state index >= 15 is 0 Å². The minimum Gasteiger partial charge on any atom is -0.381 e. The number of hydrogen-bond donors (Lipinski definition) is 3. The molecule has 3 amide bonds. The van der Waals surface area contributed by atoms with Crippen LogP contribution >= 0.6 is 0 Å². The van der Waals surface area contributed by atoms with Gasteiger partial charge in [-0.1, -0.05) is 38.8 Å². The van der Waals surface area contributed by atoms with Gasteiger partial charge < -0.3 is 25.2 Å².